The monoisotopic (exact) mass is 228 g/mol. The summed E-state index contributed by atoms with van der Waals surface area (Å²) >= 11 is 0. The Hall–Kier alpha value is -2.04. The first kappa shape index (κ1) is 10.1. The van der Waals surface area contributed by atoms with Crippen LogP contribution in [-0.2, 0) is 12.8 Å². The van der Waals surface area contributed by atoms with Gasteiger partial charge in [-0.1, -0.05) is 0 Å². The van der Waals surface area contributed by atoms with E-state index in [-0.39, 0.29) is 5.56 Å². The van der Waals surface area contributed by atoms with Gasteiger partial charge < -0.3 is 0 Å². The lowest BCUT2D eigenvalue weighted by atomic mass is 9.94. The molecular formula is C12H12N4O. The fourth-order valence-corrected chi connectivity index (χ4v) is 2.17. The van der Waals surface area contributed by atoms with Gasteiger partial charge in [0.25, 0.3) is 11.5 Å². The quantitative estimate of drug-likeness (QED) is 0.727. The highest BCUT2D eigenvalue weighted by atomic mass is 16.1. The number of hydrogen-bond acceptors (Lipinski definition) is 4. The van der Waals surface area contributed by atoms with Crippen LogP contribution in [0.25, 0.3) is 5.95 Å². The van der Waals surface area contributed by atoms with Crippen molar-refractivity contribution >= 4 is 0 Å². The van der Waals surface area contributed by atoms with Gasteiger partial charge in [-0.3, -0.25) is 4.79 Å². The molecule has 3 rings (SSSR count). The number of aryl methyl sites for hydroxylation is 1. The molecule has 0 unspecified atom stereocenters. The molecule has 1 aliphatic carbocycles. The molecule has 2 heterocycles. The van der Waals surface area contributed by atoms with E-state index in [9.17, 15) is 4.79 Å². The van der Waals surface area contributed by atoms with Gasteiger partial charge in [0.05, 0.1) is 6.20 Å². The first-order valence-electron chi connectivity index (χ1n) is 5.74. The molecule has 0 bridgehead atoms. The van der Waals surface area contributed by atoms with E-state index in [0.717, 1.165) is 36.8 Å². The van der Waals surface area contributed by atoms with Crippen molar-refractivity contribution in [2.24, 2.45) is 0 Å². The van der Waals surface area contributed by atoms with Gasteiger partial charge in [-0.15, -0.1) is 0 Å². The van der Waals surface area contributed by atoms with Crippen LogP contribution in [0.5, 0.6) is 0 Å². The van der Waals surface area contributed by atoms with E-state index in [4.69, 9.17) is 0 Å². The molecule has 0 saturated heterocycles. The topological polar surface area (TPSA) is 60.7 Å². The highest BCUT2D eigenvalue weighted by Crippen LogP contribution is 2.16. The second-order valence-corrected chi connectivity index (χ2v) is 4.12. The Balaban J connectivity index is 2.17. The molecule has 5 nitrogen and oxygen atoms in total. The van der Waals surface area contributed by atoms with Gasteiger partial charge >= 0.3 is 0 Å². The Labute approximate surface area is 98.2 Å². The van der Waals surface area contributed by atoms with Crippen LogP contribution in [0.15, 0.2) is 29.5 Å². The molecular weight excluding hydrogens is 216 g/mol. The van der Waals surface area contributed by atoms with E-state index in [1.54, 1.807) is 24.7 Å². The maximum absolute atomic E-state index is 12.2. The van der Waals surface area contributed by atoms with Gasteiger partial charge in [-0.2, -0.15) is 9.78 Å². The minimum atomic E-state index is -0.0756. The largest absolute Gasteiger partial charge is 0.277 e. The lowest BCUT2D eigenvalue weighted by molar-refractivity contribution is 0.640. The maximum atomic E-state index is 12.2. The zero-order chi connectivity index (χ0) is 11.7. The summed E-state index contributed by atoms with van der Waals surface area (Å²) in [6.45, 7) is 0. The number of rotatable bonds is 1. The fourth-order valence-electron chi connectivity index (χ4n) is 2.17. The van der Waals surface area contributed by atoms with E-state index in [2.05, 4.69) is 15.1 Å². The summed E-state index contributed by atoms with van der Waals surface area (Å²) in [7, 11) is 0. The molecule has 0 N–H and O–H groups in total. The molecule has 0 atom stereocenters. The third kappa shape index (κ3) is 1.73. The molecule has 86 valence electrons. The van der Waals surface area contributed by atoms with Crippen molar-refractivity contribution in [2.75, 3.05) is 0 Å². The molecule has 0 spiro atoms. The summed E-state index contributed by atoms with van der Waals surface area (Å²) in [4.78, 5) is 20.3. The Morgan fingerprint density at radius 3 is 2.71 bits per heavy atom. The number of fused-ring (bicyclic) bond motifs is 1. The predicted molar refractivity (Wildman–Crippen MR) is 62.1 cm³/mol. The van der Waals surface area contributed by atoms with Gasteiger partial charge in [0, 0.05) is 18.0 Å². The molecule has 2 aromatic heterocycles. The molecule has 0 fully saturated rings. The molecule has 17 heavy (non-hydrogen) atoms. The fraction of sp³-hybridized carbons (Fsp3) is 0.333. The lowest BCUT2D eigenvalue weighted by Crippen LogP contribution is -2.29. The SMILES string of the molecule is O=c1c2c(cnn1-c1ncccn1)CCCC2. The van der Waals surface area contributed by atoms with Crippen LogP contribution in [0, 0.1) is 0 Å². The van der Waals surface area contributed by atoms with E-state index in [1.165, 1.54) is 4.68 Å². The Morgan fingerprint density at radius 2 is 1.88 bits per heavy atom. The van der Waals surface area contributed by atoms with Crippen molar-refractivity contribution in [3.63, 3.8) is 0 Å². The average Bonchev–Trinajstić information content (AvgIpc) is 2.40. The smallest absolute Gasteiger partial charge is 0.267 e. The zero-order valence-electron chi connectivity index (χ0n) is 9.33. The highest BCUT2D eigenvalue weighted by molar-refractivity contribution is 5.26. The standard InChI is InChI=1S/C12H12N4O/c17-11-10-5-2-1-4-9(10)8-15-16(11)12-13-6-3-7-14-12/h3,6-8H,1-2,4-5H2. The number of nitrogens with zero attached hydrogens (tertiary/aromatic N) is 4. The van der Waals surface area contributed by atoms with Crippen molar-refractivity contribution < 1.29 is 0 Å². The summed E-state index contributed by atoms with van der Waals surface area (Å²) in [5, 5.41) is 4.14. The zero-order valence-corrected chi connectivity index (χ0v) is 9.33. The van der Waals surface area contributed by atoms with Crippen LogP contribution in [0.1, 0.15) is 24.0 Å². The van der Waals surface area contributed by atoms with E-state index in [1.807, 2.05) is 0 Å². The molecule has 1 aliphatic rings. The molecule has 0 radical (unpaired) electrons. The number of aromatic nitrogens is 4. The average molecular weight is 228 g/mol. The van der Waals surface area contributed by atoms with Crippen molar-refractivity contribution in [3.05, 3.63) is 46.1 Å². The minimum absolute atomic E-state index is 0.0756. The van der Waals surface area contributed by atoms with Crippen LogP contribution < -0.4 is 5.56 Å². The van der Waals surface area contributed by atoms with Gasteiger partial charge in [0.2, 0.25) is 0 Å². The van der Waals surface area contributed by atoms with Crippen molar-refractivity contribution in [1.29, 1.82) is 0 Å². The second kappa shape index (κ2) is 4.08. The predicted octanol–water partition coefficient (Wildman–Crippen LogP) is 0.901. The van der Waals surface area contributed by atoms with Crippen LogP contribution in [-0.4, -0.2) is 19.7 Å². The van der Waals surface area contributed by atoms with Gasteiger partial charge in [0.1, 0.15) is 0 Å². The Kier molecular flexibility index (Phi) is 2.44. The molecule has 0 saturated carbocycles. The third-order valence-electron chi connectivity index (χ3n) is 3.03. The molecule has 0 amide bonds. The van der Waals surface area contributed by atoms with Gasteiger partial charge in [-0.05, 0) is 37.3 Å². The second-order valence-electron chi connectivity index (χ2n) is 4.12. The van der Waals surface area contributed by atoms with Gasteiger partial charge in [0.15, 0.2) is 0 Å². The summed E-state index contributed by atoms with van der Waals surface area (Å²) in [6, 6.07) is 1.72. The lowest BCUT2D eigenvalue weighted by Gasteiger charge is -2.14. The number of hydrogen-bond donors (Lipinski definition) is 0. The van der Waals surface area contributed by atoms with Crippen molar-refractivity contribution in [3.8, 4) is 5.95 Å². The third-order valence-corrected chi connectivity index (χ3v) is 3.03. The first-order chi connectivity index (χ1) is 8.36. The molecule has 0 aliphatic heterocycles. The summed E-state index contributed by atoms with van der Waals surface area (Å²) in [5.74, 6) is 0.339. The molecule has 2 aromatic rings. The normalized spacial score (nSPS) is 14.4. The van der Waals surface area contributed by atoms with E-state index >= 15 is 0 Å². The molecule has 0 aromatic carbocycles. The van der Waals surface area contributed by atoms with E-state index in [0.29, 0.717) is 5.95 Å². The van der Waals surface area contributed by atoms with Crippen molar-refractivity contribution in [1.82, 2.24) is 19.7 Å². The van der Waals surface area contributed by atoms with E-state index < -0.39 is 0 Å². The Bertz CT molecular complexity index is 591. The first-order valence-corrected chi connectivity index (χ1v) is 5.74. The maximum Gasteiger partial charge on any atom is 0.277 e. The summed E-state index contributed by atoms with van der Waals surface area (Å²) < 4.78 is 1.28. The molecule has 5 heteroatoms. The highest BCUT2D eigenvalue weighted by Gasteiger charge is 2.16. The van der Waals surface area contributed by atoms with Crippen molar-refractivity contribution in [2.45, 2.75) is 25.7 Å². The van der Waals surface area contributed by atoms with Crippen LogP contribution in [0.3, 0.4) is 0 Å². The van der Waals surface area contributed by atoms with Crippen LogP contribution >= 0.6 is 0 Å². The summed E-state index contributed by atoms with van der Waals surface area (Å²) in [6.07, 6.45) is 8.98. The Morgan fingerprint density at radius 1 is 1.12 bits per heavy atom. The minimum Gasteiger partial charge on any atom is -0.267 e. The van der Waals surface area contributed by atoms with Gasteiger partial charge in [-0.25, -0.2) is 9.97 Å². The van der Waals surface area contributed by atoms with Crippen LogP contribution in [0.4, 0.5) is 0 Å². The summed E-state index contributed by atoms with van der Waals surface area (Å²) in [5.41, 5.74) is 1.88. The van der Waals surface area contributed by atoms with Crippen LogP contribution in [0.2, 0.25) is 0 Å².